The van der Waals surface area contributed by atoms with E-state index < -0.39 is 5.67 Å². The summed E-state index contributed by atoms with van der Waals surface area (Å²) in [4.78, 5) is 0. The summed E-state index contributed by atoms with van der Waals surface area (Å²) in [5.41, 5.74) is 0.578. The lowest BCUT2D eigenvalue weighted by molar-refractivity contribution is 0.198. The third-order valence-corrected chi connectivity index (χ3v) is 3.16. The van der Waals surface area contributed by atoms with Crippen molar-refractivity contribution < 1.29 is 4.39 Å². The molecule has 0 radical (unpaired) electrons. The van der Waals surface area contributed by atoms with Gasteiger partial charge in [0.25, 0.3) is 0 Å². The Morgan fingerprint density at radius 3 is 2.17 bits per heavy atom. The maximum atomic E-state index is 14.3. The normalized spacial score (nSPS) is 13.8. The van der Waals surface area contributed by atoms with Gasteiger partial charge in [-0.3, -0.25) is 4.72 Å². The highest BCUT2D eigenvalue weighted by atomic mass is 32.2. The Kier molecular flexibility index (Phi) is 8.29. The molecule has 18 heavy (non-hydrogen) atoms. The molecule has 1 atom stereocenters. The Bertz CT molecular complexity index is 320. The third-order valence-electron chi connectivity index (χ3n) is 2.38. The molecule has 0 fully saturated rings. The highest BCUT2D eigenvalue weighted by Crippen LogP contribution is 2.25. The van der Waals surface area contributed by atoms with Crippen molar-refractivity contribution in [3.63, 3.8) is 0 Å². The van der Waals surface area contributed by atoms with Crippen molar-refractivity contribution in [1.29, 1.82) is 0 Å². The van der Waals surface area contributed by atoms with Gasteiger partial charge in [0.15, 0.2) is 0 Å². The predicted octanol–water partition coefficient (Wildman–Crippen LogP) is 4.85. The van der Waals surface area contributed by atoms with E-state index >= 15 is 0 Å². The largest absolute Gasteiger partial charge is 0.260 e. The molecule has 1 rings (SSSR count). The summed E-state index contributed by atoms with van der Waals surface area (Å²) in [5.74, 6) is 0. The van der Waals surface area contributed by atoms with Crippen LogP contribution in [0.3, 0.4) is 0 Å². The van der Waals surface area contributed by atoms with Crippen LogP contribution in [0.5, 0.6) is 0 Å². The van der Waals surface area contributed by atoms with E-state index in [1.807, 2.05) is 45.0 Å². The van der Waals surface area contributed by atoms with Gasteiger partial charge in [0, 0.05) is 11.8 Å². The topological polar surface area (TPSA) is 12.0 Å². The van der Waals surface area contributed by atoms with Gasteiger partial charge in [-0.1, -0.05) is 69.5 Å². The van der Waals surface area contributed by atoms with E-state index in [0.29, 0.717) is 11.8 Å². The fourth-order valence-electron chi connectivity index (χ4n) is 1.35. The maximum absolute atomic E-state index is 14.3. The molecular weight excluding hydrogens is 245 g/mol. The van der Waals surface area contributed by atoms with Crippen LogP contribution in [-0.4, -0.2) is 11.8 Å². The molecule has 0 aliphatic heterocycles. The number of nitrogens with one attached hydrogen (secondary N) is 1. The molecule has 0 saturated carbocycles. The van der Waals surface area contributed by atoms with Gasteiger partial charge in [-0.15, -0.1) is 0 Å². The van der Waals surface area contributed by atoms with E-state index in [9.17, 15) is 4.39 Å². The second-order valence-corrected chi connectivity index (χ2v) is 6.02. The molecule has 0 heterocycles. The number of rotatable bonds is 5. The number of benzene rings is 1. The first-order chi connectivity index (χ1) is 8.42. The number of hydrogen-bond acceptors (Lipinski definition) is 2. The van der Waals surface area contributed by atoms with Crippen molar-refractivity contribution in [1.82, 2.24) is 4.72 Å². The Labute approximate surface area is 116 Å². The molecular formula is C15H26FNS. The molecule has 1 aromatic carbocycles. The van der Waals surface area contributed by atoms with E-state index in [0.717, 1.165) is 11.1 Å². The Hall–Kier alpha value is -0.540. The average Bonchev–Trinajstić information content (AvgIpc) is 2.31. The summed E-state index contributed by atoms with van der Waals surface area (Å²) in [5, 5.41) is 0.466. The standard InChI is InChI=1S/C13H20FNS.C2H6/c1-10(2)16-15-9-13(4,14)12-7-5-11(3)6-8-12;1-2/h5-8,10,15H,9H2,1-4H3;1-2H3. The van der Waals surface area contributed by atoms with Crippen molar-refractivity contribution >= 4 is 11.9 Å². The minimum absolute atomic E-state index is 0.332. The van der Waals surface area contributed by atoms with Gasteiger partial charge in [0.05, 0.1) is 0 Å². The first-order valence-electron chi connectivity index (χ1n) is 6.56. The monoisotopic (exact) mass is 271 g/mol. The molecule has 0 spiro atoms. The average molecular weight is 271 g/mol. The van der Waals surface area contributed by atoms with E-state index in [1.165, 1.54) is 0 Å². The van der Waals surface area contributed by atoms with E-state index in [2.05, 4.69) is 18.6 Å². The van der Waals surface area contributed by atoms with Crippen molar-refractivity contribution in [2.24, 2.45) is 0 Å². The smallest absolute Gasteiger partial charge is 0.146 e. The second-order valence-electron chi connectivity index (χ2n) is 4.55. The Morgan fingerprint density at radius 1 is 1.22 bits per heavy atom. The van der Waals surface area contributed by atoms with Crippen LogP contribution in [0, 0.1) is 6.92 Å². The molecule has 0 aliphatic rings. The number of halogens is 1. The van der Waals surface area contributed by atoms with Crippen LogP contribution >= 0.6 is 11.9 Å². The summed E-state index contributed by atoms with van der Waals surface area (Å²) < 4.78 is 17.4. The summed E-state index contributed by atoms with van der Waals surface area (Å²) in [7, 11) is 0. The Balaban J connectivity index is 0.00000137. The zero-order valence-corrected chi connectivity index (χ0v) is 13.2. The van der Waals surface area contributed by atoms with Gasteiger partial charge in [-0.25, -0.2) is 4.39 Å². The zero-order valence-electron chi connectivity index (χ0n) is 12.4. The number of alkyl halides is 1. The van der Waals surface area contributed by atoms with E-state index in [-0.39, 0.29) is 0 Å². The highest BCUT2D eigenvalue weighted by molar-refractivity contribution is 7.97. The van der Waals surface area contributed by atoms with Gasteiger partial charge < -0.3 is 0 Å². The van der Waals surface area contributed by atoms with Crippen LogP contribution < -0.4 is 4.72 Å². The van der Waals surface area contributed by atoms with Crippen LogP contribution in [-0.2, 0) is 5.67 Å². The molecule has 1 nitrogen and oxygen atoms in total. The Morgan fingerprint density at radius 2 is 1.72 bits per heavy atom. The minimum atomic E-state index is -1.31. The fraction of sp³-hybridized carbons (Fsp3) is 0.600. The summed E-state index contributed by atoms with van der Waals surface area (Å²) in [6, 6.07) is 7.61. The third kappa shape index (κ3) is 6.41. The number of hydrogen-bond donors (Lipinski definition) is 1. The van der Waals surface area contributed by atoms with Crippen LogP contribution in [0.25, 0.3) is 0 Å². The molecule has 1 unspecified atom stereocenters. The lowest BCUT2D eigenvalue weighted by atomic mass is 9.97. The molecule has 0 saturated heterocycles. The van der Waals surface area contributed by atoms with Gasteiger partial charge in [0.2, 0.25) is 0 Å². The van der Waals surface area contributed by atoms with Crippen molar-refractivity contribution in [3.05, 3.63) is 35.4 Å². The molecule has 0 amide bonds. The molecule has 1 N–H and O–H groups in total. The number of aryl methyl sites for hydroxylation is 1. The molecule has 0 bridgehead atoms. The summed E-state index contributed by atoms with van der Waals surface area (Å²) >= 11 is 1.57. The van der Waals surface area contributed by atoms with Crippen molar-refractivity contribution in [2.45, 2.75) is 52.5 Å². The zero-order chi connectivity index (χ0) is 14.2. The molecule has 0 aliphatic carbocycles. The molecule has 104 valence electrons. The highest BCUT2D eigenvalue weighted by Gasteiger charge is 2.25. The lowest BCUT2D eigenvalue weighted by Gasteiger charge is -2.21. The SMILES string of the molecule is CC.Cc1ccc(C(C)(F)CNSC(C)C)cc1. The predicted molar refractivity (Wildman–Crippen MR) is 81.7 cm³/mol. The van der Waals surface area contributed by atoms with Crippen molar-refractivity contribution in [2.75, 3.05) is 6.54 Å². The van der Waals surface area contributed by atoms with Gasteiger partial charge >= 0.3 is 0 Å². The quantitative estimate of drug-likeness (QED) is 0.768. The second kappa shape index (κ2) is 8.54. The lowest BCUT2D eigenvalue weighted by Crippen LogP contribution is -2.29. The van der Waals surface area contributed by atoms with Crippen LogP contribution in [0.4, 0.5) is 4.39 Å². The maximum Gasteiger partial charge on any atom is 0.146 e. The fourth-order valence-corrected chi connectivity index (χ4v) is 2.03. The molecule has 3 heteroatoms. The van der Waals surface area contributed by atoms with Crippen LogP contribution in [0.1, 0.15) is 45.7 Å². The molecule has 1 aromatic rings. The first-order valence-corrected chi connectivity index (χ1v) is 7.44. The van der Waals surface area contributed by atoms with Crippen LogP contribution in [0.2, 0.25) is 0 Å². The first kappa shape index (κ1) is 17.5. The van der Waals surface area contributed by atoms with E-state index in [4.69, 9.17) is 0 Å². The van der Waals surface area contributed by atoms with Crippen molar-refractivity contribution in [3.8, 4) is 0 Å². The van der Waals surface area contributed by atoms with Gasteiger partial charge in [-0.05, 0) is 19.4 Å². The summed E-state index contributed by atoms with van der Waals surface area (Å²) in [6.07, 6.45) is 0. The van der Waals surface area contributed by atoms with Crippen LogP contribution in [0.15, 0.2) is 24.3 Å². The van der Waals surface area contributed by atoms with E-state index in [1.54, 1.807) is 18.9 Å². The van der Waals surface area contributed by atoms with Gasteiger partial charge in [0.1, 0.15) is 5.67 Å². The minimum Gasteiger partial charge on any atom is -0.260 e. The van der Waals surface area contributed by atoms with Gasteiger partial charge in [-0.2, -0.15) is 0 Å². The molecule has 0 aromatic heterocycles. The summed E-state index contributed by atoms with van der Waals surface area (Å²) in [6.45, 7) is 12.1.